The van der Waals surface area contributed by atoms with E-state index in [4.69, 9.17) is 0 Å². The summed E-state index contributed by atoms with van der Waals surface area (Å²) in [6.45, 7) is 10.7. The molecule has 22 heavy (non-hydrogen) atoms. The summed E-state index contributed by atoms with van der Waals surface area (Å²) >= 11 is 0. The lowest BCUT2D eigenvalue weighted by molar-refractivity contribution is -0.129. The third-order valence-corrected chi connectivity index (χ3v) is 4.84. The minimum absolute atomic E-state index is 0. The molecule has 2 aliphatic rings. The standard InChI is InChI=1S/C16H31N3O.2ClH/c1-12(2)15(19-9-5-4-6-10-19)16(20)18-14-11-17-8-7-13(14)3;;/h12-15,17H,4-11H2,1-3H3,(H,18,20);2*1H. The molecule has 2 heterocycles. The van der Waals surface area contributed by atoms with Crippen LogP contribution in [0.25, 0.3) is 0 Å². The molecule has 2 N–H and O–H groups in total. The molecule has 0 bridgehead atoms. The fourth-order valence-electron chi connectivity index (χ4n) is 3.54. The SMILES string of the molecule is CC(C)C(C(=O)NC1CNCCC1C)N1CCCCC1.Cl.Cl. The molecule has 3 unspecified atom stereocenters. The Bertz CT molecular complexity index is 323. The van der Waals surface area contributed by atoms with E-state index in [1.165, 1.54) is 19.3 Å². The molecule has 2 fully saturated rings. The number of rotatable bonds is 4. The molecule has 2 saturated heterocycles. The van der Waals surface area contributed by atoms with E-state index in [-0.39, 0.29) is 36.8 Å². The van der Waals surface area contributed by atoms with Crippen LogP contribution in [0.2, 0.25) is 0 Å². The van der Waals surface area contributed by atoms with Gasteiger partial charge in [-0.15, -0.1) is 24.8 Å². The van der Waals surface area contributed by atoms with Crippen LogP contribution in [-0.4, -0.2) is 49.1 Å². The summed E-state index contributed by atoms with van der Waals surface area (Å²) < 4.78 is 0. The first-order valence-corrected chi connectivity index (χ1v) is 8.34. The zero-order valence-electron chi connectivity index (χ0n) is 14.1. The second-order valence-corrected chi connectivity index (χ2v) is 6.87. The average molecular weight is 354 g/mol. The van der Waals surface area contributed by atoms with Crippen LogP contribution in [0.3, 0.4) is 0 Å². The molecule has 0 aromatic rings. The van der Waals surface area contributed by atoms with Gasteiger partial charge < -0.3 is 10.6 Å². The highest BCUT2D eigenvalue weighted by molar-refractivity contribution is 5.85. The van der Waals surface area contributed by atoms with Crippen molar-refractivity contribution in [3.63, 3.8) is 0 Å². The van der Waals surface area contributed by atoms with Crippen LogP contribution in [-0.2, 0) is 4.79 Å². The van der Waals surface area contributed by atoms with E-state index in [1.807, 2.05) is 0 Å². The van der Waals surface area contributed by atoms with Crippen molar-refractivity contribution in [2.75, 3.05) is 26.2 Å². The van der Waals surface area contributed by atoms with E-state index < -0.39 is 0 Å². The largest absolute Gasteiger partial charge is 0.350 e. The van der Waals surface area contributed by atoms with E-state index in [1.54, 1.807) is 0 Å². The summed E-state index contributed by atoms with van der Waals surface area (Å²) in [5, 5.41) is 6.69. The first-order valence-electron chi connectivity index (χ1n) is 8.34. The molecule has 132 valence electrons. The first kappa shape index (κ1) is 22.0. The Balaban J connectivity index is 0.00000220. The summed E-state index contributed by atoms with van der Waals surface area (Å²) in [4.78, 5) is 15.1. The third-order valence-electron chi connectivity index (χ3n) is 4.84. The topological polar surface area (TPSA) is 44.4 Å². The Morgan fingerprint density at radius 3 is 2.36 bits per heavy atom. The maximum atomic E-state index is 12.7. The lowest BCUT2D eigenvalue weighted by Crippen LogP contribution is -2.57. The van der Waals surface area contributed by atoms with Gasteiger partial charge in [-0.25, -0.2) is 0 Å². The fourth-order valence-corrected chi connectivity index (χ4v) is 3.54. The molecule has 0 aliphatic carbocycles. The highest BCUT2D eigenvalue weighted by Crippen LogP contribution is 2.19. The number of hydrogen-bond donors (Lipinski definition) is 2. The Labute approximate surface area is 148 Å². The minimum atomic E-state index is 0. The predicted octanol–water partition coefficient (Wildman–Crippen LogP) is 2.45. The highest BCUT2D eigenvalue weighted by Gasteiger charge is 2.32. The molecule has 3 atom stereocenters. The third kappa shape index (κ3) is 5.88. The molecular formula is C16H33Cl2N3O. The van der Waals surface area contributed by atoms with Crippen molar-refractivity contribution in [3.8, 4) is 0 Å². The van der Waals surface area contributed by atoms with Crippen LogP contribution in [0.15, 0.2) is 0 Å². The van der Waals surface area contributed by atoms with Crippen LogP contribution in [0.4, 0.5) is 0 Å². The summed E-state index contributed by atoms with van der Waals surface area (Å²) in [7, 11) is 0. The second-order valence-electron chi connectivity index (χ2n) is 6.87. The maximum Gasteiger partial charge on any atom is 0.237 e. The van der Waals surface area contributed by atoms with Crippen LogP contribution < -0.4 is 10.6 Å². The summed E-state index contributed by atoms with van der Waals surface area (Å²) in [6.07, 6.45) is 4.93. The number of hydrogen-bond acceptors (Lipinski definition) is 3. The Kier molecular flexibility index (Phi) is 10.7. The molecule has 2 rings (SSSR count). The molecule has 2 aliphatic heterocycles. The van der Waals surface area contributed by atoms with Crippen molar-refractivity contribution in [1.29, 1.82) is 0 Å². The van der Waals surface area contributed by atoms with Gasteiger partial charge >= 0.3 is 0 Å². The molecule has 1 amide bonds. The lowest BCUT2D eigenvalue weighted by atomic mass is 9.93. The molecule has 4 nitrogen and oxygen atoms in total. The molecule has 0 saturated carbocycles. The van der Waals surface area contributed by atoms with Crippen LogP contribution in [0.1, 0.15) is 46.5 Å². The van der Waals surface area contributed by atoms with Gasteiger partial charge in [-0.1, -0.05) is 27.2 Å². The van der Waals surface area contributed by atoms with Crippen molar-refractivity contribution in [2.45, 2.75) is 58.5 Å². The van der Waals surface area contributed by atoms with Gasteiger partial charge in [0.05, 0.1) is 6.04 Å². The molecule has 0 radical (unpaired) electrons. The molecule has 0 aromatic heterocycles. The quantitative estimate of drug-likeness (QED) is 0.815. The molecule has 0 aromatic carbocycles. The summed E-state index contributed by atoms with van der Waals surface area (Å²) in [5.74, 6) is 1.19. The molecular weight excluding hydrogens is 321 g/mol. The van der Waals surface area contributed by atoms with Gasteiger partial charge in [0.1, 0.15) is 0 Å². The smallest absolute Gasteiger partial charge is 0.237 e. The summed E-state index contributed by atoms with van der Waals surface area (Å²) in [6, 6.07) is 0.340. The van der Waals surface area contributed by atoms with Gasteiger partial charge in [0.2, 0.25) is 5.91 Å². The fraction of sp³-hybridized carbons (Fsp3) is 0.938. The lowest BCUT2D eigenvalue weighted by Gasteiger charge is -2.38. The van der Waals surface area contributed by atoms with Crippen molar-refractivity contribution in [1.82, 2.24) is 15.5 Å². The number of nitrogens with zero attached hydrogens (tertiary/aromatic N) is 1. The maximum absolute atomic E-state index is 12.7. The number of nitrogens with one attached hydrogen (secondary N) is 2. The average Bonchev–Trinajstić information content (AvgIpc) is 2.42. The minimum Gasteiger partial charge on any atom is -0.350 e. The Morgan fingerprint density at radius 1 is 1.18 bits per heavy atom. The van der Waals surface area contributed by atoms with E-state index in [0.29, 0.717) is 17.9 Å². The number of piperidine rings is 2. The van der Waals surface area contributed by atoms with Crippen molar-refractivity contribution in [3.05, 3.63) is 0 Å². The first-order chi connectivity index (χ1) is 9.59. The normalized spacial score (nSPS) is 27.5. The monoisotopic (exact) mass is 353 g/mol. The number of carbonyl (C=O) groups is 1. The number of carbonyl (C=O) groups excluding carboxylic acids is 1. The zero-order valence-corrected chi connectivity index (χ0v) is 15.8. The molecule has 0 spiro atoms. The number of likely N-dealkylation sites (tertiary alicyclic amines) is 1. The van der Waals surface area contributed by atoms with Gasteiger partial charge in [-0.05, 0) is 50.7 Å². The Morgan fingerprint density at radius 2 is 1.82 bits per heavy atom. The van der Waals surface area contributed by atoms with Crippen molar-refractivity contribution >= 4 is 30.7 Å². The van der Waals surface area contributed by atoms with E-state index in [0.717, 1.165) is 32.6 Å². The van der Waals surface area contributed by atoms with Gasteiger partial charge in [0.25, 0.3) is 0 Å². The summed E-state index contributed by atoms with van der Waals surface area (Å²) in [5.41, 5.74) is 0. The van der Waals surface area contributed by atoms with E-state index >= 15 is 0 Å². The van der Waals surface area contributed by atoms with Gasteiger partial charge in [-0.2, -0.15) is 0 Å². The van der Waals surface area contributed by atoms with Gasteiger partial charge in [0, 0.05) is 12.6 Å². The molecule has 6 heteroatoms. The Hall–Kier alpha value is -0.0300. The van der Waals surface area contributed by atoms with Crippen LogP contribution in [0.5, 0.6) is 0 Å². The second kappa shape index (κ2) is 10.7. The van der Waals surface area contributed by atoms with Crippen molar-refractivity contribution < 1.29 is 4.79 Å². The van der Waals surface area contributed by atoms with Crippen LogP contribution in [0, 0.1) is 11.8 Å². The predicted molar refractivity (Wildman–Crippen MR) is 97.1 cm³/mol. The van der Waals surface area contributed by atoms with Crippen molar-refractivity contribution in [2.24, 2.45) is 11.8 Å². The zero-order chi connectivity index (χ0) is 14.5. The van der Waals surface area contributed by atoms with Crippen LogP contribution >= 0.6 is 24.8 Å². The van der Waals surface area contributed by atoms with Gasteiger partial charge in [0.15, 0.2) is 0 Å². The van der Waals surface area contributed by atoms with Gasteiger partial charge in [-0.3, -0.25) is 9.69 Å². The highest BCUT2D eigenvalue weighted by atomic mass is 35.5. The number of amides is 1. The van der Waals surface area contributed by atoms with E-state index in [2.05, 4.69) is 36.3 Å². The van der Waals surface area contributed by atoms with E-state index in [9.17, 15) is 4.79 Å². The number of halogens is 2.